The van der Waals surface area contributed by atoms with Crippen molar-refractivity contribution in [1.29, 1.82) is 0 Å². The summed E-state index contributed by atoms with van der Waals surface area (Å²) in [5.74, 6) is 1.75. The molecule has 0 bridgehead atoms. The second-order valence-electron chi connectivity index (χ2n) is 2.79. The summed E-state index contributed by atoms with van der Waals surface area (Å²) >= 11 is 0. The van der Waals surface area contributed by atoms with Crippen LogP contribution in [0.25, 0.3) is 0 Å². The molecule has 0 saturated carbocycles. The van der Waals surface area contributed by atoms with E-state index in [-0.39, 0.29) is 0 Å². The molecule has 0 aromatic heterocycles. The van der Waals surface area contributed by atoms with Gasteiger partial charge in [-0.15, -0.1) is 0 Å². The second-order valence-corrected chi connectivity index (χ2v) is 2.79. The van der Waals surface area contributed by atoms with Gasteiger partial charge in [0.2, 0.25) is 0 Å². The predicted octanol–water partition coefficient (Wildman–Crippen LogP) is 2.32. The topological polar surface area (TPSA) is 18.5 Å². The van der Waals surface area contributed by atoms with E-state index < -0.39 is 0 Å². The first kappa shape index (κ1) is 8.91. The Morgan fingerprint density at radius 2 is 1.25 bits per heavy atom. The number of methoxy groups -OCH3 is 2. The smallest absolute Gasteiger partial charge is 0.125 e. The molecule has 2 heteroatoms. The summed E-state index contributed by atoms with van der Waals surface area (Å²) < 4.78 is 10.3. The molecule has 0 fully saturated rings. The first-order valence-electron chi connectivity index (χ1n) is 3.88. The highest BCUT2D eigenvalue weighted by Gasteiger charge is 2.03. The molecule has 0 unspecified atom stereocenters. The minimum atomic E-state index is 0.873. The van der Waals surface area contributed by atoms with E-state index in [1.165, 1.54) is 0 Å². The van der Waals surface area contributed by atoms with Crippen LogP contribution in [0, 0.1) is 13.8 Å². The maximum atomic E-state index is 5.16. The van der Waals surface area contributed by atoms with Crippen molar-refractivity contribution in [3.05, 3.63) is 23.3 Å². The van der Waals surface area contributed by atoms with Crippen molar-refractivity contribution in [2.45, 2.75) is 13.8 Å². The van der Waals surface area contributed by atoms with Crippen LogP contribution in [0.3, 0.4) is 0 Å². The van der Waals surface area contributed by atoms with Crippen LogP contribution in [0.4, 0.5) is 0 Å². The van der Waals surface area contributed by atoms with Crippen LogP contribution in [-0.4, -0.2) is 14.2 Å². The van der Waals surface area contributed by atoms with E-state index in [1.807, 2.05) is 19.9 Å². The third kappa shape index (κ3) is 1.52. The third-order valence-electron chi connectivity index (χ3n) is 1.91. The SMILES string of the molecule is COc1cc(OC)c(C)cc1C. The van der Waals surface area contributed by atoms with Crippen molar-refractivity contribution in [2.24, 2.45) is 0 Å². The van der Waals surface area contributed by atoms with E-state index in [4.69, 9.17) is 9.47 Å². The van der Waals surface area contributed by atoms with Gasteiger partial charge in [-0.25, -0.2) is 0 Å². The van der Waals surface area contributed by atoms with Crippen molar-refractivity contribution in [1.82, 2.24) is 0 Å². The number of hydrogen-bond donors (Lipinski definition) is 0. The van der Waals surface area contributed by atoms with E-state index in [1.54, 1.807) is 14.2 Å². The highest BCUT2D eigenvalue weighted by Crippen LogP contribution is 2.27. The maximum Gasteiger partial charge on any atom is 0.125 e. The number of benzene rings is 1. The largest absolute Gasteiger partial charge is 0.496 e. The molecular weight excluding hydrogens is 152 g/mol. The van der Waals surface area contributed by atoms with Gasteiger partial charge in [0.15, 0.2) is 0 Å². The van der Waals surface area contributed by atoms with Crippen molar-refractivity contribution in [3.63, 3.8) is 0 Å². The average Bonchev–Trinajstić information content (AvgIpc) is 2.05. The zero-order valence-electron chi connectivity index (χ0n) is 7.97. The fourth-order valence-corrected chi connectivity index (χ4v) is 1.25. The molecule has 0 amide bonds. The van der Waals surface area contributed by atoms with Gasteiger partial charge in [0, 0.05) is 6.07 Å². The van der Waals surface area contributed by atoms with Crippen molar-refractivity contribution < 1.29 is 9.47 Å². The summed E-state index contributed by atoms with van der Waals surface area (Å²) in [5.41, 5.74) is 2.27. The number of hydrogen-bond acceptors (Lipinski definition) is 2. The molecule has 12 heavy (non-hydrogen) atoms. The van der Waals surface area contributed by atoms with Gasteiger partial charge >= 0.3 is 0 Å². The van der Waals surface area contributed by atoms with Crippen LogP contribution in [0.15, 0.2) is 12.1 Å². The van der Waals surface area contributed by atoms with Crippen LogP contribution in [-0.2, 0) is 0 Å². The van der Waals surface area contributed by atoms with Crippen molar-refractivity contribution in [2.75, 3.05) is 14.2 Å². The van der Waals surface area contributed by atoms with Crippen molar-refractivity contribution in [3.8, 4) is 11.5 Å². The Kier molecular flexibility index (Phi) is 2.58. The van der Waals surface area contributed by atoms with Crippen LogP contribution >= 0.6 is 0 Å². The Hall–Kier alpha value is -1.18. The lowest BCUT2D eigenvalue weighted by Gasteiger charge is -2.09. The van der Waals surface area contributed by atoms with Crippen molar-refractivity contribution >= 4 is 0 Å². The normalized spacial score (nSPS) is 9.67. The molecule has 0 aliphatic rings. The summed E-state index contributed by atoms with van der Waals surface area (Å²) in [7, 11) is 3.33. The van der Waals surface area contributed by atoms with E-state index in [9.17, 15) is 0 Å². The first-order chi connectivity index (χ1) is 5.69. The maximum absolute atomic E-state index is 5.16. The summed E-state index contributed by atoms with van der Waals surface area (Å²) in [4.78, 5) is 0. The summed E-state index contributed by atoms with van der Waals surface area (Å²) in [6.07, 6.45) is 0. The molecule has 0 N–H and O–H groups in total. The lowest BCUT2D eigenvalue weighted by atomic mass is 10.1. The summed E-state index contributed by atoms with van der Waals surface area (Å²) in [5, 5.41) is 0. The summed E-state index contributed by atoms with van der Waals surface area (Å²) in [6, 6.07) is 3.96. The molecule has 0 aliphatic heterocycles. The van der Waals surface area contributed by atoms with E-state index in [2.05, 4.69) is 6.07 Å². The second kappa shape index (κ2) is 3.48. The molecule has 0 aliphatic carbocycles. The molecule has 66 valence electrons. The van der Waals surface area contributed by atoms with Gasteiger partial charge in [-0.1, -0.05) is 0 Å². The molecule has 2 nitrogen and oxygen atoms in total. The lowest BCUT2D eigenvalue weighted by Crippen LogP contribution is -1.92. The Labute approximate surface area is 73.1 Å². The first-order valence-corrected chi connectivity index (χ1v) is 3.88. The van der Waals surface area contributed by atoms with Crippen LogP contribution < -0.4 is 9.47 Å². The lowest BCUT2D eigenvalue weighted by molar-refractivity contribution is 0.390. The van der Waals surface area contributed by atoms with Crippen LogP contribution in [0.5, 0.6) is 11.5 Å². The molecule has 0 radical (unpaired) electrons. The van der Waals surface area contributed by atoms with Gasteiger partial charge in [0.1, 0.15) is 11.5 Å². The Balaban J connectivity index is 3.18. The van der Waals surface area contributed by atoms with E-state index >= 15 is 0 Å². The molecule has 0 heterocycles. The molecular formula is C10H14O2. The minimum absolute atomic E-state index is 0.873. The van der Waals surface area contributed by atoms with Crippen LogP contribution in [0.2, 0.25) is 0 Å². The van der Waals surface area contributed by atoms with Gasteiger partial charge in [0.05, 0.1) is 14.2 Å². The Morgan fingerprint density at radius 1 is 0.833 bits per heavy atom. The van der Waals surface area contributed by atoms with Gasteiger partial charge in [-0.3, -0.25) is 0 Å². The monoisotopic (exact) mass is 166 g/mol. The molecule has 1 aromatic carbocycles. The van der Waals surface area contributed by atoms with Gasteiger partial charge in [0.25, 0.3) is 0 Å². The Bertz CT molecular complexity index is 254. The molecule has 0 spiro atoms. The zero-order valence-corrected chi connectivity index (χ0v) is 7.97. The highest BCUT2D eigenvalue weighted by atomic mass is 16.5. The molecule has 0 saturated heterocycles. The van der Waals surface area contributed by atoms with Crippen LogP contribution in [0.1, 0.15) is 11.1 Å². The molecule has 0 atom stereocenters. The fraction of sp³-hybridized carbons (Fsp3) is 0.400. The quantitative estimate of drug-likeness (QED) is 0.671. The minimum Gasteiger partial charge on any atom is -0.496 e. The van der Waals surface area contributed by atoms with E-state index in [0.29, 0.717) is 0 Å². The molecule has 1 rings (SSSR count). The average molecular weight is 166 g/mol. The standard InChI is InChI=1S/C10H14O2/c1-7-5-8(2)10(12-4)6-9(7)11-3/h5-6H,1-4H3. The Morgan fingerprint density at radius 3 is 1.58 bits per heavy atom. The summed E-state index contributed by atoms with van der Waals surface area (Å²) in [6.45, 7) is 4.04. The number of aryl methyl sites for hydroxylation is 2. The third-order valence-corrected chi connectivity index (χ3v) is 1.91. The van der Waals surface area contributed by atoms with Gasteiger partial charge in [-0.05, 0) is 31.0 Å². The van der Waals surface area contributed by atoms with Gasteiger partial charge in [-0.2, -0.15) is 0 Å². The predicted molar refractivity (Wildman–Crippen MR) is 49.0 cm³/mol. The van der Waals surface area contributed by atoms with Gasteiger partial charge < -0.3 is 9.47 Å². The number of rotatable bonds is 2. The van der Waals surface area contributed by atoms with E-state index in [0.717, 1.165) is 22.6 Å². The highest BCUT2D eigenvalue weighted by molar-refractivity contribution is 5.45. The fourth-order valence-electron chi connectivity index (χ4n) is 1.25. The number of ether oxygens (including phenoxy) is 2. The molecule has 1 aromatic rings. The zero-order chi connectivity index (χ0) is 9.14.